The molecule has 0 spiro atoms. The highest BCUT2D eigenvalue weighted by Crippen LogP contribution is 2.21. The molecule has 1 atom stereocenters. The second-order valence-electron chi connectivity index (χ2n) is 6.81. The van der Waals surface area contributed by atoms with E-state index in [1.54, 1.807) is 6.20 Å². The fourth-order valence-corrected chi connectivity index (χ4v) is 3.73. The summed E-state index contributed by atoms with van der Waals surface area (Å²) in [6, 6.07) is 10.1. The maximum atomic E-state index is 12.6. The SMILES string of the molecule is O=C(CCn1cnc2ccccc21)N1CCC[C@H](Cc2ccn[nH]2)C1. The number of imidazole rings is 1. The molecule has 1 saturated heterocycles. The molecule has 0 unspecified atom stereocenters. The standard InChI is InChI=1S/C19H23N5O/c25-19(8-11-24-14-20-17-5-1-2-6-18(17)24)23-10-3-4-15(13-23)12-16-7-9-21-22-16/h1-2,5-7,9,14-15H,3-4,8,10-13H2,(H,21,22)/t15-/m1/s1. The molecule has 1 aliphatic rings. The monoisotopic (exact) mass is 337 g/mol. The molecule has 0 bridgehead atoms. The minimum atomic E-state index is 0.243. The number of rotatable bonds is 5. The van der Waals surface area contributed by atoms with Gasteiger partial charge in [0.15, 0.2) is 0 Å². The number of para-hydroxylation sites is 2. The lowest BCUT2D eigenvalue weighted by Gasteiger charge is -2.32. The van der Waals surface area contributed by atoms with Gasteiger partial charge in [-0.1, -0.05) is 12.1 Å². The third-order valence-corrected chi connectivity index (χ3v) is 5.03. The van der Waals surface area contributed by atoms with Crippen LogP contribution < -0.4 is 0 Å². The molecule has 2 aromatic heterocycles. The average molecular weight is 337 g/mol. The van der Waals surface area contributed by atoms with Crippen LogP contribution in [-0.2, 0) is 17.8 Å². The normalized spacial score (nSPS) is 17.9. The Morgan fingerprint density at radius 3 is 3.08 bits per heavy atom. The second-order valence-corrected chi connectivity index (χ2v) is 6.81. The lowest BCUT2D eigenvalue weighted by Crippen LogP contribution is -2.40. The Bertz CT molecular complexity index is 839. The number of nitrogens with one attached hydrogen (secondary N) is 1. The number of hydrogen-bond acceptors (Lipinski definition) is 3. The van der Waals surface area contributed by atoms with Crippen LogP contribution in [0.4, 0.5) is 0 Å². The molecule has 6 nitrogen and oxygen atoms in total. The second kappa shape index (κ2) is 7.09. The number of likely N-dealkylation sites (tertiary alicyclic amines) is 1. The van der Waals surface area contributed by atoms with Gasteiger partial charge in [-0.15, -0.1) is 0 Å². The molecule has 4 rings (SSSR count). The summed E-state index contributed by atoms with van der Waals surface area (Å²) in [5, 5.41) is 7.04. The molecule has 1 aromatic carbocycles. The molecular weight excluding hydrogens is 314 g/mol. The van der Waals surface area contributed by atoms with Crippen LogP contribution in [0.3, 0.4) is 0 Å². The Balaban J connectivity index is 1.34. The first-order valence-electron chi connectivity index (χ1n) is 8.95. The maximum Gasteiger partial charge on any atom is 0.224 e. The molecule has 0 aliphatic carbocycles. The number of fused-ring (bicyclic) bond motifs is 1. The number of nitrogens with zero attached hydrogens (tertiary/aromatic N) is 4. The number of carbonyl (C=O) groups is 1. The van der Waals surface area contributed by atoms with E-state index in [-0.39, 0.29) is 5.91 Å². The first kappa shape index (κ1) is 15.9. The lowest BCUT2D eigenvalue weighted by molar-refractivity contribution is -0.133. The minimum absolute atomic E-state index is 0.243. The zero-order valence-corrected chi connectivity index (χ0v) is 14.3. The number of amides is 1. The fraction of sp³-hybridized carbons (Fsp3) is 0.421. The number of benzene rings is 1. The van der Waals surface area contributed by atoms with Crippen LogP contribution in [0.1, 0.15) is 25.0 Å². The van der Waals surface area contributed by atoms with E-state index in [1.807, 2.05) is 41.6 Å². The van der Waals surface area contributed by atoms with Gasteiger partial charge in [0.05, 0.1) is 17.4 Å². The molecule has 25 heavy (non-hydrogen) atoms. The maximum absolute atomic E-state index is 12.6. The van der Waals surface area contributed by atoms with Crippen molar-refractivity contribution in [2.75, 3.05) is 13.1 Å². The number of carbonyl (C=O) groups excluding carboxylic acids is 1. The van der Waals surface area contributed by atoms with E-state index >= 15 is 0 Å². The quantitative estimate of drug-likeness (QED) is 0.778. The van der Waals surface area contributed by atoms with Gasteiger partial charge in [-0.25, -0.2) is 4.98 Å². The Kier molecular flexibility index (Phi) is 4.50. The number of aryl methyl sites for hydroxylation is 1. The smallest absolute Gasteiger partial charge is 0.224 e. The van der Waals surface area contributed by atoms with Crippen LogP contribution in [-0.4, -0.2) is 43.6 Å². The number of hydrogen-bond donors (Lipinski definition) is 1. The van der Waals surface area contributed by atoms with E-state index in [1.165, 1.54) is 6.42 Å². The summed E-state index contributed by atoms with van der Waals surface area (Å²) in [5.74, 6) is 0.763. The Hall–Kier alpha value is -2.63. The molecule has 0 radical (unpaired) electrons. The fourth-order valence-electron chi connectivity index (χ4n) is 3.73. The summed E-state index contributed by atoms with van der Waals surface area (Å²) in [4.78, 5) is 19.1. The van der Waals surface area contributed by atoms with Gasteiger partial charge in [0.1, 0.15) is 0 Å². The van der Waals surface area contributed by atoms with Crippen molar-refractivity contribution in [3.63, 3.8) is 0 Å². The summed E-state index contributed by atoms with van der Waals surface area (Å²) in [5.41, 5.74) is 3.22. The van der Waals surface area contributed by atoms with Crippen LogP contribution in [0.2, 0.25) is 0 Å². The highest BCUT2D eigenvalue weighted by Gasteiger charge is 2.24. The van der Waals surface area contributed by atoms with Crippen molar-refractivity contribution >= 4 is 16.9 Å². The van der Waals surface area contributed by atoms with Gasteiger partial charge >= 0.3 is 0 Å². The van der Waals surface area contributed by atoms with E-state index < -0.39 is 0 Å². The van der Waals surface area contributed by atoms with Crippen molar-refractivity contribution in [1.29, 1.82) is 0 Å². The molecule has 3 aromatic rings. The highest BCUT2D eigenvalue weighted by atomic mass is 16.2. The third kappa shape index (κ3) is 3.57. The first-order chi connectivity index (χ1) is 12.3. The molecule has 1 amide bonds. The molecule has 1 N–H and O–H groups in total. The van der Waals surface area contributed by atoms with Crippen LogP contribution >= 0.6 is 0 Å². The summed E-state index contributed by atoms with van der Waals surface area (Å²) in [6.07, 6.45) is 7.37. The van der Waals surface area contributed by atoms with Gasteiger partial charge in [-0.2, -0.15) is 5.10 Å². The first-order valence-corrected chi connectivity index (χ1v) is 8.95. The molecule has 1 aliphatic heterocycles. The van der Waals surface area contributed by atoms with Gasteiger partial charge in [-0.05, 0) is 43.4 Å². The molecule has 130 valence electrons. The Morgan fingerprint density at radius 2 is 2.20 bits per heavy atom. The van der Waals surface area contributed by atoms with E-state index in [9.17, 15) is 4.79 Å². The summed E-state index contributed by atoms with van der Waals surface area (Å²) >= 11 is 0. The lowest BCUT2D eigenvalue weighted by atomic mass is 9.93. The van der Waals surface area contributed by atoms with Gasteiger partial charge in [-0.3, -0.25) is 9.89 Å². The third-order valence-electron chi connectivity index (χ3n) is 5.03. The van der Waals surface area contributed by atoms with Crippen molar-refractivity contribution in [3.8, 4) is 0 Å². The summed E-state index contributed by atoms with van der Waals surface area (Å²) in [6.45, 7) is 2.41. The van der Waals surface area contributed by atoms with Crippen molar-refractivity contribution in [2.45, 2.75) is 32.2 Å². The van der Waals surface area contributed by atoms with Crippen molar-refractivity contribution in [2.24, 2.45) is 5.92 Å². The Morgan fingerprint density at radius 1 is 1.28 bits per heavy atom. The van der Waals surface area contributed by atoms with E-state index in [0.29, 0.717) is 18.9 Å². The van der Waals surface area contributed by atoms with E-state index in [0.717, 1.165) is 42.7 Å². The molecule has 0 saturated carbocycles. The number of piperidine rings is 1. The van der Waals surface area contributed by atoms with Gasteiger partial charge < -0.3 is 9.47 Å². The minimum Gasteiger partial charge on any atom is -0.342 e. The number of aromatic nitrogens is 4. The van der Waals surface area contributed by atoms with Gasteiger partial charge in [0.2, 0.25) is 5.91 Å². The average Bonchev–Trinajstić information content (AvgIpc) is 3.30. The van der Waals surface area contributed by atoms with Crippen molar-refractivity contribution in [3.05, 3.63) is 48.5 Å². The zero-order valence-electron chi connectivity index (χ0n) is 14.3. The van der Waals surface area contributed by atoms with Crippen molar-refractivity contribution in [1.82, 2.24) is 24.6 Å². The van der Waals surface area contributed by atoms with Crippen LogP contribution in [0.25, 0.3) is 11.0 Å². The van der Waals surface area contributed by atoms with Gasteiger partial charge in [0.25, 0.3) is 0 Å². The van der Waals surface area contributed by atoms with Crippen LogP contribution in [0, 0.1) is 5.92 Å². The molecule has 3 heterocycles. The molecule has 1 fully saturated rings. The predicted octanol–water partition coefficient (Wildman–Crippen LogP) is 2.63. The summed E-state index contributed by atoms with van der Waals surface area (Å²) < 4.78 is 2.07. The van der Waals surface area contributed by atoms with Crippen LogP contribution in [0.5, 0.6) is 0 Å². The molecular formula is C19H23N5O. The largest absolute Gasteiger partial charge is 0.342 e. The van der Waals surface area contributed by atoms with E-state index in [2.05, 4.69) is 19.7 Å². The van der Waals surface area contributed by atoms with E-state index in [4.69, 9.17) is 0 Å². The van der Waals surface area contributed by atoms with Gasteiger partial charge in [0, 0.05) is 37.9 Å². The van der Waals surface area contributed by atoms with Crippen LogP contribution in [0.15, 0.2) is 42.9 Å². The molecule has 6 heteroatoms. The Labute approximate surface area is 146 Å². The predicted molar refractivity (Wildman–Crippen MR) is 95.9 cm³/mol. The topological polar surface area (TPSA) is 66.8 Å². The highest BCUT2D eigenvalue weighted by molar-refractivity contribution is 5.77. The zero-order chi connectivity index (χ0) is 17.1. The number of aromatic amines is 1. The number of H-pyrrole nitrogens is 1. The van der Waals surface area contributed by atoms with Crippen molar-refractivity contribution < 1.29 is 4.79 Å². The summed E-state index contributed by atoms with van der Waals surface area (Å²) in [7, 11) is 0.